The van der Waals surface area contributed by atoms with Crippen LogP contribution in [0.3, 0.4) is 0 Å². The molecule has 0 heterocycles. The van der Waals surface area contributed by atoms with E-state index in [2.05, 4.69) is 36.4 Å². The summed E-state index contributed by atoms with van der Waals surface area (Å²) in [7, 11) is 0. The predicted molar refractivity (Wildman–Crippen MR) is 140 cm³/mol. The van der Waals surface area contributed by atoms with Crippen LogP contribution in [-0.4, -0.2) is 50.1 Å². The zero-order chi connectivity index (χ0) is 23.8. The summed E-state index contributed by atoms with van der Waals surface area (Å²) in [5, 5.41) is 22.2. The number of aliphatic carboxylic acids is 1. The van der Waals surface area contributed by atoms with Gasteiger partial charge in [0.2, 0.25) is 0 Å². The van der Waals surface area contributed by atoms with Crippen molar-refractivity contribution in [3.63, 3.8) is 0 Å². The lowest BCUT2D eigenvalue weighted by Crippen LogP contribution is -2.28. The molecule has 180 valence electrons. The first-order valence-corrected chi connectivity index (χ1v) is 14.1. The number of rotatable bonds is 13. The highest BCUT2D eigenvalue weighted by Crippen LogP contribution is 2.40. The number of carboxylic acid groups (broad SMARTS) is 1. The lowest BCUT2D eigenvalue weighted by atomic mass is 9.87. The van der Waals surface area contributed by atoms with Gasteiger partial charge in [-0.25, -0.2) is 0 Å². The van der Waals surface area contributed by atoms with Crippen molar-refractivity contribution in [2.24, 2.45) is 11.8 Å². The molecule has 6 heteroatoms. The first-order chi connectivity index (χ1) is 15.7. The van der Waals surface area contributed by atoms with Crippen molar-refractivity contribution in [3.8, 4) is 0 Å². The summed E-state index contributed by atoms with van der Waals surface area (Å²) in [6.07, 6.45) is 4.94. The molecule has 0 radical (unpaired) electrons. The van der Waals surface area contributed by atoms with E-state index in [-0.39, 0.29) is 16.9 Å². The van der Waals surface area contributed by atoms with Crippen LogP contribution in [0.4, 0.5) is 0 Å². The summed E-state index contributed by atoms with van der Waals surface area (Å²) in [6.45, 7) is 3.95. The molecule has 2 N–H and O–H groups in total. The molecule has 1 aliphatic rings. The summed E-state index contributed by atoms with van der Waals surface area (Å²) in [5.41, 5.74) is 0.497. The Bertz CT molecular complexity index is 943. The molecular weight excluding hydrogens is 452 g/mol. The summed E-state index contributed by atoms with van der Waals surface area (Å²) < 4.78 is 0. The lowest BCUT2D eigenvalue weighted by Gasteiger charge is -2.26. The number of benzene rings is 2. The van der Waals surface area contributed by atoms with Gasteiger partial charge in [0, 0.05) is 5.92 Å². The number of Topliss-reactive ketones (excluding diaryl/α,β-unsaturated/α-hetero) is 1. The second kappa shape index (κ2) is 12.3. The van der Waals surface area contributed by atoms with E-state index < -0.39 is 11.6 Å². The van der Waals surface area contributed by atoms with Crippen molar-refractivity contribution in [1.82, 2.24) is 0 Å². The van der Waals surface area contributed by atoms with Gasteiger partial charge in [-0.05, 0) is 79.2 Å². The second-order valence-corrected chi connectivity index (χ2v) is 12.0. The van der Waals surface area contributed by atoms with E-state index >= 15 is 0 Å². The first-order valence-electron chi connectivity index (χ1n) is 11.9. The van der Waals surface area contributed by atoms with Crippen molar-refractivity contribution in [2.45, 2.75) is 63.2 Å². The maximum atomic E-state index is 12.7. The topological polar surface area (TPSA) is 74.6 Å². The van der Waals surface area contributed by atoms with Gasteiger partial charge in [0.25, 0.3) is 0 Å². The molecule has 2 aromatic rings. The van der Waals surface area contributed by atoms with Crippen LogP contribution in [0.2, 0.25) is 0 Å². The smallest absolute Gasteiger partial charge is 0.313 e. The van der Waals surface area contributed by atoms with Crippen molar-refractivity contribution in [3.05, 3.63) is 48.0 Å². The van der Waals surface area contributed by atoms with E-state index in [0.29, 0.717) is 24.5 Å². The van der Waals surface area contributed by atoms with Crippen molar-refractivity contribution in [2.75, 3.05) is 17.3 Å². The highest BCUT2D eigenvalue weighted by Gasteiger charge is 2.40. The van der Waals surface area contributed by atoms with Gasteiger partial charge >= 0.3 is 5.97 Å². The number of ketones is 1. The standard InChI is InChI=1S/C27H36O4S2/c1-19-16-23(26(25(19)30)33-15-5-14-32-18-24(28)29)11-13-27(2,31)12-10-20-8-9-21-6-3-4-7-22(21)17-20/h3-4,6-9,17,19,23,26,31H,5,10-16,18H2,1-2H3,(H,28,29)/t19-,23+,26-,27?/m1/s1. The Hall–Kier alpha value is -1.50. The third kappa shape index (κ3) is 8.04. The Kier molecular flexibility index (Phi) is 9.71. The van der Waals surface area contributed by atoms with Crippen molar-refractivity contribution >= 4 is 46.0 Å². The molecule has 33 heavy (non-hydrogen) atoms. The number of fused-ring (bicyclic) bond motifs is 1. The van der Waals surface area contributed by atoms with Crippen LogP contribution in [0.1, 0.15) is 51.5 Å². The maximum absolute atomic E-state index is 12.7. The number of carboxylic acids is 1. The number of carbonyl (C=O) groups excluding carboxylic acids is 1. The number of aryl methyl sites for hydroxylation is 1. The zero-order valence-corrected chi connectivity index (χ0v) is 21.3. The van der Waals surface area contributed by atoms with Gasteiger partial charge in [-0.2, -0.15) is 23.5 Å². The molecule has 0 aliphatic heterocycles. The molecule has 2 aromatic carbocycles. The van der Waals surface area contributed by atoms with Crippen LogP contribution in [0.15, 0.2) is 42.5 Å². The Morgan fingerprint density at radius 3 is 2.64 bits per heavy atom. The number of thioether (sulfide) groups is 2. The maximum Gasteiger partial charge on any atom is 0.313 e. The van der Waals surface area contributed by atoms with E-state index in [1.165, 1.54) is 28.1 Å². The zero-order valence-electron chi connectivity index (χ0n) is 19.7. The summed E-state index contributed by atoms with van der Waals surface area (Å²) >= 11 is 3.17. The van der Waals surface area contributed by atoms with E-state index in [9.17, 15) is 14.7 Å². The van der Waals surface area contributed by atoms with Gasteiger partial charge in [-0.15, -0.1) is 0 Å². The number of hydrogen-bond donors (Lipinski definition) is 2. The Morgan fingerprint density at radius 1 is 1.12 bits per heavy atom. The molecule has 4 atom stereocenters. The Balaban J connectivity index is 1.46. The van der Waals surface area contributed by atoms with Gasteiger partial charge in [0.05, 0.1) is 16.6 Å². The predicted octanol–water partition coefficient (Wildman–Crippen LogP) is 5.84. The SMILES string of the molecule is C[C@@H]1C[C@H](CCC(C)(O)CCc2ccc3ccccc3c2)[C@@H](SCCCSCC(=O)O)C1=O. The van der Waals surface area contributed by atoms with Gasteiger partial charge in [-0.1, -0.05) is 49.4 Å². The van der Waals surface area contributed by atoms with Gasteiger partial charge < -0.3 is 10.2 Å². The molecule has 1 fully saturated rings. The summed E-state index contributed by atoms with van der Waals surface area (Å²) in [5.74, 6) is 1.81. The van der Waals surface area contributed by atoms with E-state index in [1.54, 1.807) is 11.8 Å². The fourth-order valence-electron chi connectivity index (χ4n) is 4.65. The van der Waals surface area contributed by atoms with Crippen LogP contribution in [-0.2, 0) is 16.0 Å². The molecule has 0 saturated heterocycles. The fraction of sp³-hybridized carbons (Fsp3) is 0.556. The molecule has 4 nitrogen and oxygen atoms in total. The normalized spacial score (nSPS) is 22.5. The van der Waals surface area contributed by atoms with E-state index in [4.69, 9.17) is 5.11 Å². The average molecular weight is 489 g/mol. The molecule has 3 rings (SSSR count). The third-order valence-electron chi connectivity index (χ3n) is 6.63. The lowest BCUT2D eigenvalue weighted by molar-refractivity contribution is -0.133. The molecule has 1 saturated carbocycles. The summed E-state index contributed by atoms with van der Waals surface area (Å²) in [4.78, 5) is 23.3. The van der Waals surface area contributed by atoms with Crippen molar-refractivity contribution < 1.29 is 19.8 Å². The first kappa shape index (κ1) is 26.1. The minimum absolute atomic E-state index is 0.0146. The van der Waals surface area contributed by atoms with Crippen LogP contribution in [0.5, 0.6) is 0 Å². The monoisotopic (exact) mass is 488 g/mol. The van der Waals surface area contributed by atoms with Crippen LogP contribution < -0.4 is 0 Å². The highest BCUT2D eigenvalue weighted by molar-refractivity contribution is 8.01. The molecule has 0 amide bonds. The number of hydrogen-bond acceptors (Lipinski definition) is 5. The fourth-order valence-corrected chi connectivity index (χ4v) is 6.99. The number of aliphatic hydroxyl groups is 1. The number of carbonyl (C=O) groups is 2. The molecule has 0 aromatic heterocycles. The molecule has 1 aliphatic carbocycles. The Labute approximate surface area is 205 Å². The highest BCUT2D eigenvalue weighted by atomic mass is 32.2. The van der Waals surface area contributed by atoms with Gasteiger partial charge in [0.15, 0.2) is 0 Å². The van der Waals surface area contributed by atoms with E-state index in [1.807, 2.05) is 19.9 Å². The molecular formula is C27H36O4S2. The van der Waals surface area contributed by atoms with Crippen LogP contribution >= 0.6 is 23.5 Å². The molecule has 1 unspecified atom stereocenters. The van der Waals surface area contributed by atoms with Gasteiger partial charge in [0.1, 0.15) is 5.78 Å². The second-order valence-electron chi connectivity index (χ2n) is 9.61. The third-order valence-corrected chi connectivity index (χ3v) is 9.16. The van der Waals surface area contributed by atoms with E-state index in [0.717, 1.165) is 37.2 Å². The quantitative estimate of drug-likeness (QED) is 0.345. The Morgan fingerprint density at radius 2 is 1.88 bits per heavy atom. The molecule has 0 spiro atoms. The molecule has 0 bridgehead atoms. The average Bonchev–Trinajstić information content (AvgIpc) is 3.06. The minimum atomic E-state index is -0.778. The van der Waals surface area contributed by atoms with Gasteiger partial charge in [-0.3, -0.25) is 9.59 Å². The largest absolute Gasteiger partial charge is 0.481 e. The minimum Gasteiger partial charge on any atom is -0.481 e. The van der Waals surface area contributed by atoms with Crippen LogP contribution in [0, 0.1) is 11.8 Å². The van der Waals surface area contributed by atoms with Crippen molar-refractivity contribution in [1.29, 1.82) is 0 Å². The summed E-state index contributed by atoms with van der Waals surface area (Å²) in [6, 6.07) is 14.8. The van der Waals surface area contributed by atoms with Crippen LogP contribution in [0.25, 0.3) is 10.8 Å².